The third-order valence-electron chi connectivity index (χ3n) is 1.43. The molecule has 1 heterocycles. The molecule has 0 aliphatic rings. The van der Waals surface area contributed by atoms with Gasteiger partial charge in [0.25, 0.3) is 0 Å². The summed E-state index contributed by atoms with van der Waals surface area (Å²) >= 11 is 4.84. The second kappa shape index (κ2) is 3.32. The first-order chi connectivity index (χ1) is 5.20. The molecule has 1 aromatic rings. The average molecular weight is 231 g/mol. The maximum Gasteiger partial charge on any atom is 0.160 e. The van der Waals surface area contributed by atoms with E-state index >= 15 is 0 Å². The van der Waals surface area contributed by atoms with Crippen molar-refractivity contribution in [2.24, 2.45) is 0 Å². The van der Waals surface area contributed by atoms with Crippen LogP contribution in [0.3, 0.4) is 0 Å². The Labute approximate surface area is 77.9 Å². The van der Waals surface area contributed by atoms with Crippen LogP contribution < -0.4 is 0 Å². The van der Waals surface area contributed by atoms with E-state index < -0.39 is 0 Å². The molecule has 0 radical (unpaired) electrons. The molecule has 11 heavy (non-hydrogen) atoms. The van der Waals surface area contributed by atoms with Crippen molar-refractivity contribution in [3.63, 3.8) is 0 Å². The minimum absolute atomic E-state index is 0.770. The lowest BCUT2D eigenvalue weighted by molar-refractivity contribution is 0.112. The van der Waals surface area contributed by atoms with Crippen LogP contribution in [0, 0.1) is 6.92 Å². The molecule has 0 saturated heterocycles. The largest absolute Gasteiger partial charge is 0.297 e. The highest BCUT2D eigenvalue weighted by molar-refractivity contribution is 9.10. The Balaban J connectivity index is 3.33. The summed E-state index contributed by atoms with van der Waals surface area (Å²) in [6.07, 6.45) is 2.62. The standard InChI is InChI=1S/C8H7BrOS/c1-3-6-8(9)5(2)7(4-10)11-6/h3-4H,1H2,2H3. The van der Waals surface area contributed by atoms with Gasteiger partial charge in [0.15, 0.2) is 6.29 Å². The fraction of sp³-hybridized carbons (Fsp3) is 0.125. The van der Waals surface area contributed by atoms with Crippen molar-refractivity contribution < 1.29 is 4.79 Å². The van der Waals surface area contributed by atoms with Gasteiger partial charge in [0.05, 0.1) is 4.88 Å². The number of halogens is 1. The van der Waals surface area contributed by atoms with Crippen molar-refractivity contribution in [3.8, 4) is 0 Å². The van der Waals surface area contributed by atoms with Crippen LogP contribution in [-0.2, 0) is 0 Å². The maximum absolute atomic E-state index is 10.5. The van der Waals surface area contributed by atoms with Crippen LogP contribution >= 0.6 is 27.3 Å². The Hall–Kier alpha value is -0.410. The summed E-state index contributed by atoms with van der Waals surface area (Å²) in [5.41, 5.74) is 1.000. The molecule has 0 aliphatic carbocycles. The van der Waals surface area contributed by atoms with Gasteiger partial charge in [0.2, 0.25) is 0 Å². The second-order valence-corrected chi connectivity index (χ2v) is 3.97. The topological polar surface area (TPSA) is 17.1 Å². The van der Waals surface area contributed by atoms with Gasteiger partial charge in [-0.05, 0) is 28.4 Å². The van der Waals surface area contributed by atoms with Gasteiger partial charge in [-0.1, -0.05) is 12.7 Å². The van der Waals surface area contributed by atoms with E-state index in [-0.39, 0.29) is 0 Å². The molecule has 0 aromatic carbocycles. The Morgan fingerprint density at radius 2 is 2.18 bits per heavy atom. The van der Waals surface area contributed by atoms with Crippen LogP contribution in [0.15, 0.2) is 11.1 Å². The van der Waals surface area contributed by atoms with Crippen LogP contribution in [0.2, 0.25) is 0 Å². The van der Waals surface area contributed by atoms with E-state index in [1.54, 1.807) is 6.08 Å². The molecular weight excluding hydrogens is 224 g/mol. The minimum Gasteiger partial charge on any atom is -0.297 e. The zero-order valence-electron chi connectivity index (χ0n) is 6.06. The predicted octanol–water partition coefficient (Wildman–Crippen LogP) is 3.27. The van der Waals surface area contributed by atoms with Gasteiger partial charge in [-0.25, -0.2) is 0 Å². The summed E-state index contributed by atoms with van der Waals surface area (Å²) < 4.78 is 0.986. The van der Waals surface area contributed by atoms with Gasteiger partial charge in [0, 0.05) is 9.35 Å². The predicted molar refractivity (Wildman–Crippen MR) is 52.2 cm³/mol. The van der Waals surface area contributed by atoms with E-state index in [4.69, 9.17) is 0 Å². The van der Waals surface area contributed by atoms with E-state index in [2.05, 4.69) is 22.5 Å². The van der Waals surface area contributed by atoms with E-state index in [0.717, 1.165) is 26.1 Å². The van der Waals surface area contributed by atoms with E-state index in [1.807, 2.05) is 6.92 Å². The van der Waals surface area contributed by atoms with Gasteiger partial charge in [-0.2, -0.15) is 0 Å². The Morgan fingerprint density at radius 3 is 2.45 bits per heavy atom. The highest BCUT2D eigenvalue weighted by atomic mass is 79.9. The molecule has 0 unspecified atom stereocenters. The summed E-state index contributed by atoms with van der Waals surface area (Å²) in [6, 6.07) is 0. The number of hydrogen-bond donors (Lipinski definition) is 0. The average Bonchev–Trinajstić information content (AvgIpc) is 2.30. The number of rotatable bonds is 2. The van der Waals surface area contributed by atoms with Gasteiger partial charge in [-0.3, -0.25) is 4.79 Å². The van der Waals surface area contributed by atoms with Crippen LogP contribution in [0.5, 0.6) is 0 Å². The molecular formula is C8H7BrOS. The number of aldehydes is 1. The summed E-state index contributed by atoms with van der Waals surface area (Å²) in [6.45, 7) is 5.56. The van der Waals surface area contributed by atoms with E-state index in [9.17, 15) is 4.79 Å². The van der Waals surface area contributed by atoms with Crippen molar-refractivity contribution in [1.29, 1.82) is 0 Å². The van der Waals surface area contributed by atoms with Gasteiger partial charge in [-0.15, -0.1) is 11.3 Å². The Kier molecular flexibility index (Phi) is 2.62. The van der Waals surface area contributed by atoms with E-state index in [0.29, 0.717) is 0 Å². The third-order valence-corrected chi connectivity index (χ3v) is 3.92. The molecule has 1 nitrogen and oxygen atoms in total. The maximum atomic E-state index is 10.5. The van der Waals surface area contributed by atoms with Gasteiger partial charge >= 0.3 is 0 Å². The van der Waals surface area contributed by atoms with Crippen molar-refractivity contribution in [1.82, 2.24) is 0 Å². The second-order valence-electron chi connectivity index (χ2n) is 2.09. The highest BCUT2D eigenvalue weighted by Crippen LogP contribution is 2.32. The first-order valence-electron chi connectivity index (χ1n) is 3.07. The molecule has 0 bridgehead atoms. The first kappa shape index (κ1) is 8.68. The summed E-state index contributed by atoms with van der Waals surface area (Å²) in [4.78, 5) is 12.3. The molecule has 0 atom stereocenters. The molecule has 1 rings (SSSR count). The normalized spacial score (nSPS) is 9.64. The SMILES string of the molecule is C=Cc1sc(C=O)c(C)c1Br. The van der Waals surface area contributed by atoms with Crippen molar-refractivity contribution in [2.45, 2.75) is 6.92 Å². The summed E-state index contributed by atoms with van der Waals surface area (Å²) in [5, 5.41) is 0. The smallest absolute Gasteiger partial charge is 0.160 e. The van der Waals surface area contributed by atoms with Crippen molar-refractivity contribution >= 4 is 39.6 Å². The van der Waals surface area contributed by atoms with Crippen LogP contribution in [-0.4, -0.2) is 6.29 Å². The number of hydrogen-bond acceptors (Lipinski definition) is 2. The number of carbonyl (C=O) groups is 1. The molecule has 1 aromatic heterocycles. The molecule has 0 aliphatic heterocycles. The number of carbonyl (C=O) groups excluding carboxylic acids is 1. The fourth-order valence-electron chi connectivity index (χ4n) is 0.776. The molecule has 0 N–H and O–H groups in total. The monoisotopic (exact) mass is 230 g/mol. The lowest BCUT2D eigenvalue weighted by atomic mass is 10.3. The highest BCUT2D eigenvalue weighted by Gasteiger charge is 2.08. The zero-order valence-corrected chi connectivity index (χ0v) is 8.46. The Morgan fingerprint density at radius 1 is 1.55 bits per heavy atom. The lowest BCUT2D eigenvalue weighted by Gasteiger charge is -1.87. The molecule has 0 spiro atoms. The van der Waals surface area contributed by atoms with Gasteiger partial charge in [0.1, 0.15) is 0 Å². The van der Waals surface area contributed by atoms with Crippen LogP contribution in [0.4, 0.5) is 0 Å². The zero-order chi connectivity index (χ0) is 8.43. The van der Waals surface area contributed by atoms with Crippen LogP contribution in [0.1, 0.15) is 20.1 Å². The minimum atomic E-state index is 0.770. The molecule has 58 valence electrons. The molecule has 0 fully saturated rings. The summed E-state index contributed by atoms with van der Waals surface area (Å²) in [7, 11) is 0. The number of thiophene rings is 1. The van der Waals surface area contributed by atoms with Crippen molar-refractivity contribution in [3.05, 3.63) is 26.4 Å². The van der Waals surface area contributed by atoms with Crippen LogP contribution in [0.25, 0.3) is 6.08 Å². The first-order valence-corrected chi connectivity index (χ1v) is 4.68. The Bertz CT molecular complexity index is 273. The van der Waals surface area contributed by atoms with Gasteiger partial charge < -0.3 is 0 Å². The lowest BCUT2D eigenvalue weighted by Crippen LogP contribution is -1.74. The molecule has 0 amide bonds. The third kappa shape index (κ3) is 1.44. The molecule has 3 heteroatoms. The van der Waals surface area contributed by atoms with E-state index in [1.165, 1.54) is 11.3 Å². The quantitative estimate of drug-likeness (QED) is 0.714. The fourth-order valence-corrected chi connectivity index (χ4v) is 2.39. The van der Waals surface area contributed by atoms with Crippen molar-refractivity contribution in [2.75, 3.05) is 0 Å². The summed E-state index contributed by atoms with van der Waals surface area (Å²) in [5.74, 6) is 0. The molecule has 0 saturated carbocycles.